The molecule has 0 spiro atoms. The number of hydrogen-bond donors (Lipinski definition) is 2. The highest BCUT2D eigenvalue weighted by molar-refractivity contribution is 9.10. The number of carbonyl (C=O) groups is 1. The second-order valence-electron chi connectivity index (χ2n) is 7.59. The molecule has 3 rings (SSSR count). The van der Waals surface area contributed by atoms with Crippen molar-refractivity contribution in [2.24, 2.45) is 0 Å². The quantitative estimate of drug-likeness (QED) is 0.371. The molecule has 1 amide bonds. The van der Waals surface area contributed by atoms with Crippen molar-refractivity contribution in [1.82, 2.24) is 0 Å². The Kier molecular flexibility index (Phi) is 8.15. The highest BCUT2D eigenvalue weighted by Gasteiger charge is 2.15. The maximum atomic E-state index is 12.6. The van der Waals surface area contributed by atoms with Crippen LogP contribution in [-0.2, 0) is 27.7 Å². The van der Waals surface area contributed by atoms with Crippen LogP contribution in [0, 0.1) is 6.92 Å². The average molecular weight is 531 g/mol. The average Bonchev–Trinajstić information content (AvgIpc) is 2.78. The molecule has 0 aliphatic heterocycles. The standard InChI is InChI=1S/C25H27BrN2O4S/c1-4-18-14-20(26)15-19(5-2)25(18)27-24(29)16-32-22-9-11-23(12-10-22)33(30,31)28-21-8-6-7-17(3)13-21/h6-15,28H,4-5,16H2,1-3H3,(H,27,29). The third-order valence-electron chi connectivity index (χ3n) is 5.07. The van der Waals surface area contributed by atoms with Gasteiger partial charge in [0, 0.05) is 15.8 Å². The lowest BCUT2D eigenvalue weighted by atomic mass is 10.0. The Bertz CT molecular complexity index is 1220. The molecule has 0 aliphatic rings. The van der Waals surface area contributed by atoms with Crippen molar-refractivity contribution < 1.29 is 17.9 Å². The Labute approximate surface area is 203 Å². The number of rotatable bonds is 9. The normalized spacial score (nSPS) is 11.2. The van der Waals surface area contributed by atoms with Gasteiger partial charge in [0.25, 0.3) is 15.9 Å². The lowest BCUT2D eigenvalue weighted by Gasteiger charge is -2.16. The topological polar surface area (TPSA) is 84.5 Å². The van der Waals surface area contributed by atoms with E-state index >= 15 is 0 Å². The fraction of sp³-hybridized carbons (Fsp3) is 0.240. The summed E-state index contributed by atoms with van der Waals surface area (Å²) in [7, 11) is -3.73. The number of aryl methyl sites for hydroxylation is 3. The zero-order valence-electron chi connectivity index (χ0n) is 18.8. The molecule has 0 heterocycles. The van der Waals surface area contributed by atoms with Crippen LogP contribution in [0.25, 0.3) is 0 Å². The molecule has 0 radical (unpaired) electrons. The van der Waals surface area contributed by atoms with Crippen LogP contribution in [0.15, 0.2) is 70.0 Å². The predicted octanol–water partition coefficient (Wildman–Crippen LogP) is 5.70. The lowest BCUT2D eigenvalue weighted by Crippen LogP contribution is -2.22. The number of sulfonamides is 1. The highest BCUT2D eigenvalue weighted by Crippen LogP contribution is 2.27. The van der Waals surface area contributed by atoms with E-state index in [1.807, 2.05) is 39.0 Å². The van der Waals surface area contributed by atoms with Crippen LogP contribution >= 0.6 is 15.9 Å². The molecular formula is C25H27BrN2O4S. The molecule has 8 heteroatoms. The largest absolute Gasteiger partial charge is 0.484 e. The summed E-state index contributed by atoms with van der Waals surface area (Å²) in [6.07, 6.45) is 1.57. The number of hydrogen-bond acceptors (Lipinski definition) is 4. The lowest BCUT2D eigenvalue weighted by molar-refractivity contribution is -0.118. The van der Waals surface area contributed by atoms with Crippen LogP contribution in [0.1, 0.15) is 30.5 Å². The second-order valence-corrected chi connectivity index (χ2v) is 10.2. The van der Waals surface area contributed by atoms with Gasteiger partial charge in [0.15, 0.2) is 6.61 Å². The molecule has 0 bridgehead atoms. The molecule has 174 valence electrons. The molecule has 2 N–H and O–H groups in total. The van der Waals surface area contributed by atoms with Crippen LogP contribution < -0.4 is 14.8 Å². The van der Waals surface area contributed by atoms with Crippen molar-refractivity contribution in [3.8, 4) is 5.75 Å². The summed E-state index contributed by atoms with van der Waals surface area (Å²) >= 11 is 3.51. The van der Waals surface area contributed by atoms with Crippen molar-refractivity contribution >= 4 is 43.2 Å². The summed E-state index contributed by atoms with van der Waals surface area (Å²) in [6, 6.07) is 17.1. The van der Waals surface area contributed by atoms with Gasteiger partial charge in [0.05, 0.1) is 4.90 Å². The van der Waals surface area contributed by atoms with E-state index < -0.39 is 10.0 Å². The first-order valence-corrected chi connectivity index (χ1v) is 12.9. The smallest absolute Gasteiger partial charge is 0.262 e. The Morgan fingerprint density at radius 1 is 0.970 bits per heavy atom. The summed E-state index contributed by atoms with van der Waals surface area (Å²) in [4.78, 5) is 12.6. The van der Waals surface area contributed by atoms with Gasteiger partial charge in [0.2, 0.25) is 0 Å². The van der Waals surface area contributed by atoms with E-state index in [4.69, 9.17) is 4.74 Å². The first kappa shape index (κ1) is 24.8. The van der Waals surface area contributed by atoms with E-state index in [2.05, 4.69) is 26.0 Å². The third kappa shape index (κ3) is 6.58. The monoisotopic (exact) mass is 530 g/mol. The SMILES string of the molecule is CCc1cc(Br)cc(CC)c1NC(=O)COc1ccc(S(=O)(=O)Nc2cccc(C)c2)cc1. The summed E-state index contributed by atoms with van der Waals surface area (Å²) < 4.78 is 34.4. The molecule has 3 aromatic rings. The number of halogens is 1. The molecular weight excluding hydrogens is 504 g/mol. The highest BCUT2D eigenvalue weighted by atomic mass is 79.9. The molecule has 6 nitrogen and oxygen atoms in total. The van der Waals surface area contributed by atoms with Crippen molar-refractivity contribution in [1.29, 1.82) is 0 Å². The first-order valence-electron chi connectivity index (χ1n) is 10.6. The van der Waals surface area contributed by atoms with Crippen LogP contribution in [0.3, 0.4) is 0 Å². The van der Waals surface area contributed by atoms with Gasteiger partial charge in [-0.25, -0.2) is 8.42 Å². The summed E-state index contributed by atoms with van der Waals surface area (Å²) in [6.45, 7) is 5.78. The van der Waals surface area contributed by atoms with E-state index in [0.717, 1.165) is 39.7 Å². The number of nitrogens with one attached hydrogen (secondary N) is 2. The number of amides is 1. The number of carbonyl (C=O) groups excluding carboxylic acids is 1. The molecule has 0 aromatic heterocycles. The maximum Gasteiger partial charge on any atom is 0.262 e. The number of ether oxygens (including phenoxy) is 1. The van der Waals surface area contributed by atoms with E-state index in [1.165, 1.54) is 24.3 Å². The third-order valence-corrected chi connectivity index (χ3v) is 6.92. The Morgan fingerprint density at radius 3 is 2.18 bits per heavy atom. The second kappa shape index (κ2) is 10.9. The van der Waals surface area contributed by atoms with Gasteiger partial charge in [-0.1, -0.05) is 41.9 Å². The zero-order chi connectivity index (χ0) is 24.0. The summed E-state index contributed by atoms with van der Waals surface area (Å²) in [5, 5.41) is 2.96. The number of benzene rings is 3. The fourth-order valence-electron chi connectivity index (χ4n) is 3.41. The van der Waals surface area contributed by atoms with Crippen LogP contribution in [0.5, 0.6) is 5.75 Å². The van der Waals surface area contributed by atoms with Gasteiger partial charge >= 0.3 is 0 Å². The minimum absolute atomic E-state index is 0.107. The van der Waals surface area contributed by atoms with Crippen LogP contribution in [0.4, 0.5) is 11.4 Å². The van der Waals surface area contributed by atoms with E-state index in [-0.39, 0.29) is 17.4 Å². The molecule has 3 aromatic carbocycles. The Hall–Kier alpha value is -2.84. The van der Waals surface area contributed by atoms with Crippen LogP contribution in [0.2, 0.25) is 0 Å². The Morgan fingerprint density at radius 2 is 1.61 bits per heavy atom. The minimum atomic E-state index is -3.73. The van der Waals surface area contributed by atoms with Gasteiger partial charge in [-0.3, -0.25) is 9.52 Å². The van der Waals surface area contributed by atoms with Crippen molar-refractivity contribution in [2.75, 3.05) is 16.6 Å². The Balaban J connectivity index is 1.63. The van der Waals surface area contributed by atoms with Gasteiger partial charge < -0.3 is 10.1 Å². The maximum absolute atomic E-state index is 12.6. The molecule has 0 fully saturated rings. The van der Waals surface area contributed by atoms with Crippen molar-refractivity contribution in [2.45, 2.75) is 38.5 Å². The molecule has 0 saturated carbocycles. The predicted molar refractivity (Wildman–Crippen MR) is 135 cm³/mol. The van der Waals surface area contributed by atoms with E-state index in [1.54, 1.807) is 18.2 Å². The fourth-order valence-corrected chi connectivity index (χ4v) is 5.01. The van der Waals surface area contributed by atoms with Crippen molar-refractivity contribution in [3.05, 3.63) is 81.8 Å². The van der Waals surface area contributed by atoms with Gasteiger partial charge in [-0.2, -0.15) is 0 Å². The molecule has 0 saturated heterocycles. The van der Waals surface area contributed by atoms with Gasteiger partial charge in [0.1, 0.15) is 5.75 Å². The zero-order valence-corrected chi connectivity index (χ0v) is 21.2. The summed E-state index contributed by atoms with van der Waals surface area (Å²) in [5.74, 6) is 0.126. The van der Waals surface area contributed by atoms with Crippen molar-refractivity contribution in [3.63, 3.8) is 0 Å². The first-order chi connectivity index (χ1) is 15.7. The summed E-state index contributed by atoms with van der Waals surface area (Å²) in [5.41, 5.74) is 4.37. The minimum Gasteiger partial charge on any atom is -0.484 e. The number of anilines is 2. The van der Waals surface area contributed by atoms with E-state index in [0.29, 0.717) is 11.4 Å². The van der Waals surface area contributed by atoms with Gasteiger partial charge in [-0.15, -0.1) is 0 Å². The molecule has 0 unspecified atom stereocenters. The molecule has 0 atom stereocenters. The van der Waals surface area contributed by atoms with E-state index in [9.17, 15) is 13.2 Å². The van der Waals surface area contributed by atoms with Gasteiger partial charge in [-0.05, 0) is 85.0 Å². The van der Waals surface area contributed by atoms with Crippen LogP contribution in [-0.4, -0.2) is 20.9 Å². The molecule has 0 aliphatic carbocycles. The molecule has 33 heavy (non-hydrogen) atoms.